The highest BCUT2D eigenvalue weighted by Crippen LogP contribution is 2.29. The van der Waals surface area contributed by atoms with Crippen LogP contribution in [0.15, 0.2) is 34.2 Å². The number of carbonyl (C=O) groups excluding carboxylic acids is 1. The molecule has 8 heteroatoms. The van der Waals surface area contributed by atoms with Crippen LogP contribution in [0.25, 0.3) is 0 Å². The highest BCUT2D eigenvalue weighted by atomic mass is 127. The minimum atomic E-state index is 0. The van der Waals surface area contributed by atoms with E-state index in [2.05, 4.69) is 28.6 Å². The van der Waals surface area contributed by atoms with Gasteiger partial charge in [-0.1, -0.05) is 19.1 Å². The zero-order valence-electron chi connectivity index (χ0n) is 18.4. The Kier molecular flexibility index (Phi) is 16.0. The minimum absolute atomic E-state index is 0. The third-order valence-corrected chi connectivity index (χ3v) is 5.63. The van der Waals surface area contributed by atoms with Gasteiger partial charge in [-0.15, -0.1) is 35.7 Å². The molecule has 1 aromatic carbocycles. The summed E-state index contributed by atoms with van der Waals surface area (Å²) in [6.07, 6.45) is 0.477. The molecule has 2 N–H and O–H groups in total. The number of ether oxygens (including phenoxy) is 1. The molecule has 0 saturated heterocycles. The summed E-state index contributed by atoms with van der Waals surface area (Å²) in [5.74, 6) is 3.24. The largest absolute Gasteiger partial charge is 0.496 e. The Morgan fingerprint density at radius 3 is 2.52 bits per heavy atom. The average molecular weight is 537 g/mol. The Labute approximate surface area is 197 Å². The van der Waals surface area contributed by atoms with Crippen LogP contribution >= 0.6 is 35.7 Å². The van der Waals surface area contributed by atoms with Gasteiger partial charge in [0.2, 0.25) is 5.91 Å². The summed E-state index contributed by atoms with van der Waals surface area (Å²) in [5.41, 5.74) is 0. The van der Waals surface area contributed by atoms with Gasteiger partial charge in [0.15, 0.2) is 5.96 Å². The van der Waals surface area contributed by atoms with Gasteiger partial charge in [-0.2, -0.15) is 0 Å². The molecule has 0 bridgehead atoms. The van der Waals surface area contributed by atoms with E-state index in [9.17, 15) is 4.79 Å². The highest BCUT2D eigenvalue weighted by Gasteiger charge is 2.10. The van der Waals surface area contributed by atoms with Crippen LogP contribution in [0.4, 0.5) is 0 Å². The number of hydrogen-bond acceptors (Lipinski definition) is 4. The van der Waals surface area contributed by atoms with Crippen LogP contribution in [0, 0.1) is 5.92 Å². The number of guanidine groups is 1. The van der Waals surface area contributed by atoms with Crippen molar-refractivity contribution < 1.29 is 9.53 Å². The van der Waals surface area contributed by atoms with Crippen LogP contribution < -0.4 is 15.4 Å². The smallest absolute Gasteiger partial charge is 0.224 e. The number of amides is 1. The van der Waals surface area contributed by atoms with E-state index in [1.54, 1.807) is 18.9 Å². The molecule has 0 fully saturated rings. The summed E-state index contributed by atoms with van der Waals surface area (Å²) in [4.78, 5) is 19.8. The number of benzene rings is 1. The van der Waals surface area contributed by atoms with Crippen molar-refractivity contribution in [2.75, 3.05) is 45.6 Å². The van der Waals surface area contributed by atoms with Gasteiger partial charge in [0, 0.05) is 49.8 Å². The van der Waals surface area contributed by atoms with E-state index in [-0.39, 0.29) is 29.9 Å². The average Bonchev–Trinajstić information content (AvgIpc) is 2.71. The van der Waals surface area contributed by atoms with Gasteiger partial charge in [0.1, 0.15) is 5.75 Å². The summed E-state index contributed by atoms with van der Waals surface area (Å²) in [6.45, 7) is 11.9. The maximum Gasteiger partial charge on any atom is 0.224 e. The molecule has 0 spiro atoms. The number of halogens is 1. The molecule has 1 amide bonds. The first kappa shape index (κ1) is 27.8. The molecular formula is C21H37IN4O2S. The molecule has 0 aliphatic rings. The number of nitrogens with zero attached hydrogens (tertiary/aromatic N) is 2. The first-order valence-corrected chi connectivity index (χ1v) is 11.1. The molecule has 0 aliphatic carbocycles. The molecule has 166 valence electrons. The minimum Gasteiger partial charge on any atom is -0.496 e. The summed E-state index contributed by atoms with van der Waals surface area (Å²) in [5, 5.41) is 6.51. The van der Waals surface area contributed by atoms with Crippen LogP contribution in [0.1, 0.15) is 34.1 Å². The number of methoxy groups -OCH3 is 1. The Morgan fingerprint density at radius 2 is 1.90 bits per heavy atom. The van der Waals surface area contributed by atoms with Gasteiger partial charge in [-0.25, -0.2) is 0 Å². The zero-order chi connectivity index (χ0) is 20.8. The van der Waals surface area contributed by atoms with Crippen LogP contribution in [0.3, 0.4) is 0 Å². The predicted molar refractivity (Wildman–Crippen MR) is 135 cm³/mol. The van der Waals surface area contributed by atoms with Gasteiger partial charge in [-0.3, -0.25) is 9.79 Å². The number of hydrogen-bond donors (Lipinski definition) is 2. The van der Waals surface area contributed by atoms with Crippen molar-refractivity contribution in [3.05, 3.63) is 24.3 Å². The fraction of sp³-hybridized carbons (Fsp3) is 0.619. The number of para-hydroxylation sites is 1. The standard InChI is InChI=1S/C21H36N4O2S.HI/c1-6-22-21(23-14-13-20(26)25(7-2)8-3)24-15-17(4)16-28-19-12-10-9-11-18(19)27-5;/h9-12,17H,6-8,13-16H2,1-5H3,(H2,22,23,24);1H. The van der Waals surface area contributed by atoms with Crippen LogP contribution in [0.5, 0.6) is 5.75 Å². The Morgan fingerprint density at radius 1 is 1.21 bits per heavy atom. The van der Waals surface area contributed by atoms with E-state index < -0.39 is 0 Å². The topological polar surface area (TPSA) is 66.0 Å². The van der Waals surface area contributed by atoms with Gasteiger partial charge in [0.25, 0.3) is 0 Å². The molecule has 0 radical (unpaired) electrons. The van der Waals surface area contributed by atoms with Crippen molar-refractivity contribution in [2.24, 2.45) is 10.9 Å². The monoisotopic (exact) mass is 536 g/mol. The van der Waals surface area contributed by atoms with Crippen molar-refractivity contribution in [1.82, 2.24) is 15.5 Å². The van der Waals surface area contributed by atoms with Gasteiger partial charge in [0.05, 0.1) is 7.11 Å². The van der Waals surface area contributed by atoms with Gasteiger partial charge >= 0.3 is 0 Å². The maximum atomic E-state index is 12.1. The lowest BCUT2D eigenvalue weighted by atomic mass is 10.2. The SMILES string of the molecule is CCNC(=NCC(C)CSc1ccccc1OC)NCCC(=O)N(CC)CC.I. The summed E-state index contributed by atoms with van der Waals surface area (Å²) < 4.78 is 5.40. The second kappa shape index (κ2) is 16.6. The van der Waals surface area contributed by atoms with Crippen LogP contribution in [0.2, 0.25) is 0 Å². The van der Waals surface area contributed by atoms with E-state index >= 15 is 0 Å². The molecule has 0 saturated carbocycles. The Bertz CT molecular complexity index is 612. The van der Waals surface area contributed by atoms with Crippen LogP contribution in [-0.2, 0) is 4.79 Å². The summed E-state index contributed by atoms with van der Waals surface area (Å²) in [6, 6.07) is 8.08. The van der Waals surface area contributed by atoms with Gasteiger partial charge in [-0.05, 0) is 38.8 Å². The summed E-state index contributed by atoms with van der Waals surface area (Å²) >= 11 is 1.79. The lowest BCUT2D eigenvalue weighted by molar-refractivity contribution is -0.130. The van der Waals surface area contributed by atoms with Crippen molar-refractivity contribution in [3.63, 3.8) is 0 Å². The third kappa shape index (κ3) is 11.0. The normalized spacial score (nSPS) is 12.0. The highest BCUT2D eigenvalue weighted by molar-refractivity contribution is 14.0. The Balaban J connectivity index is 0.00000784. The second-order valence-electron chi connectivity index (χ2n) is 6.53. The molecule has 6 nitrogen and oxygen atoms in total. The number of carbonyl (C=O) groups is 1. The third-order valence-electron chi connectivity index (χ3n) is 4.25. The number of rotatable bonds is 12. The number of nitrogens with one attached hydrogen (secondary N) is 2. The van der Waals surface area contributed by atoms with E-state index in [4.69, 9.17) is 4.74 Å². The lowest BCUT2D eigenvalue weighted by Gasteiger charge is -2.19. The van der Waals surface area contributed by atoms with Crippen molar-refractivity contribution >= 4 is 47.6 Å². The fourth-order valence-corrected chi connectivity index (χ4v) is 3.67. The molecule has 1 unspecified atom stereocenters. The molecule has 1 atom stereocenters. The fourth-order valence-electron chi connectivity index (χ4n) is 2.63. The molecular weight excluding hydrogens is 499 g/mol. The predicted octanol–water partition coefficient (Wildman–Crippen LogP) is 3.86. The van der Waals surface area contributed by atoms with Crippen molar-refractivity contribution in [2.45, 2.75) is 39.0 Å². The molecule has 0 aromatic heterocycles. The first-order chi connectivity index (χ1) is 13.5. The van der Waals surface area contributed by atoms with E-state index in [0.29, 0.717) is 18.9 Å². The van der Waals surface area contributed by atoms with Crippen molar-refractivity contribution in [3.8, 4) is 5.75 Å². The van der Waals surface area contributed by atoms with Gasteiger partial charge < -0.3 is 20.3 Å². The zero-order valence-corrected chi connectivity index (χ0v) is 21.5. The van der Waals surface area contributed by atoms with Crippen molar-refractivity contribution in [1.29, 1.82) is 0 Å². The molecule has 1 rings (SSSR count). The van der Waals surface area contributed by atoms with E-state index in [1.165, 1.54) is 0 Å². The summed E-state index contributed by atoms with van der Waals surface area (Å²) in [7, 11) is 1.70. The number of thioether (sulfide) groups is 1. The molecule has 0 heterocycles. The molecule has 0 aliphatic heterocycles. The van der Waals surface area contributed by atoms with E-state index in [0.717, 1.165) is 48.5 Å². The molecule has 1 aromatic rings. The number of aliphatic imine (C=N–C) groups is 1. The van der Waals surface area contributed by atoms with E-state index in [1.807, 2.05) is 43.9 Å². The molecule has 29 heavy (non-hydrogen) atoms. The second-order valence-corrected chi connectivity index (χ2v) is 7.59. The van der Waals surface area contributed by atoms with Crippen LogP contribution in [-0.4, -0.2) is 62.4 Å². The Hall–Kier alpha value is -1.16. The quantitative estimate of drug-likeness (QED) is 0.184. The first-order valence-electron chi connectivity index (χ1n) is 10.1. The lowest BCUT2D eigenvalue weighted by Crippen LogP contribution is -2.40. The maximum absolute atomic E-state index is 12.1.